The van der Waals surface area contributed by atoms with E-state index in [2.05, 4.69) is 82.5 Å². The first kappa shape index (κ1) is 21.3. The molecule has 1 aliphatic carbocycles. The summed E-state index contributed by atoms with van der Waals surface area (Å²) in [5.74, 6) is 0.0355. The summed E-state index contributed by atoms with van der Waals surface area (Å²) in [7, 11) is 0. The Hall–Kier alpha value is -4.25. The van der Waals surface area contributed by atoms with Crippen LogP contribution in [0.1, 0.15) is 46.8 Å². The van der Waals surface area contributed by atoms with E-state index < -0.39 is 11.4 Å². The maximum atomic E-state index is 11.7. The summed E-state index contributed by atoms with van der Waals surface area (Å²) < 4.78 is 2.15. The molecule has 1 amide bonds. The molecule has 1 saturated carbocycles. The van der Waals surface area contributed by atoms with E-state index in [9.17, 15) is 4.79 Å². The molecule has 1 aliphatic rings. The van der Waals surface area contributed by atoms with Crippen LogP contribution in [0, 0.1) is 0 Å². The summed E-state index contributed by atoms with van der Waals surface area (Å²) in [4.78, 5) is 16.3. The Morgan fingerprint density at radius 2 is 1.37 bits per heavy atom. The van der Waals surface area contributed by atoms with Gasteiger partial charge in [-0.25, -0.2) is 4.68 Å². The molecule has 3 aromatic carbocycles. The lowest BCUT2D eigenvalue weighted by Gasteiger charge is -2.37. The van der Waals surface area contributed by atoms with Crippen molar-refractivity contribution in [2.75, 3.05) is 0 Å². The summed E-state index contributed by atoms with van der Waals surface area (Å²) in [5, 5.41) is 6.37. The van der Waals surface area contributed by atoms with E-state index in [0.717, 1.165) is 46.1 Å². The largest absolute Gasteiger partial charge is 0.369 e. The van der Waals surface area contributed by atoms with Gasteiger partial charge in [0.05, 0.1) is 23.3 Å². The number of nitrogens with two attached hydrogens (primary N) is 1. The zero-order valence-electron chi connectivity index (χ0n) is 19.3. The number of benzene rings is 3. The summed E-state index contributed by atoms with van der Waals surface area (Å²) in [5.41, 5.74) is 10.8. The first-order valence-corrected chi connectivity index (χ1v) is 12.0. The zero-order chi connectivity index (χ0) is 23.8. The fourth-order valence-electron chi connectivity index (χ4n) is 5.17. The molecule has 5 nitrogen and oxygen atoms in total. The van der Waals surface area contributed by atoms with Gasteiger partial charge in [-0.05, 0) is 35.6 Å². The van der Waals surface area contributed by atoms with Gasteiger partial charge in [0.1, 0.15) is 5.54 Å². The van der Waals surface area contributed by atoms with Crippen molar-refractivity contribution in [1.29, 1.82) is 0 Å². The Morgan fingerprint density at radius 3 is 1.83 bits per heavy atom. The molecular weight excluding hydrogens is 432 g/mol. The van der Waals surface area contributed by atoms with Crippen LogP contribution < -0.4 is 5.73 Å². The van der Waals surface area contributed by atoms with Gasteiger partial charge < -0.3 is 5.73 Å². The highest BCUT2D eigenvalue weighted by Gasteiger charge is 2.42. The molecule has 0 bridgehead atoms. The lowest BCUT2D eigenvalue weighted by atomic mass is 9.77. The molecule has 5 aromatic rings. The van der Waals surface area contributed by atoms with Crippen LogP contribution in [0.2, 0.25) is 0 Å². The quantitative estimate of drug-likeness (QED) is 0.342. The Labute approximate surface area is 204 Å². The predicted octanol–water partition coefficient (Wildman–Crippen LogP) is 5.18. The minimum atomic E-state index is -0.722. The zero-order valence-corrected chi connectivity index (χ0v) is 19.3. The molecule has 1 fully saturated rings. The molecule has 0 aliphatic heterocycles. The van der Waals surface area contributed by atoms with Crippen molar-refractivity contribution in [1.82, 2.24) is 14.8 Å². The highest BCUT2D eigenvalue weighted by atomic mass is 16.1. The van der Waals surface area contributed by atoms with Crippen molar-refractivity contribution in [3.8, 4) is 0 Å². The highest BCUT2D eigenvalue weighted by molar-refractivity contribution is 5.85. The number of pyridine rings is 1. The second-order valence-electron chi connectivity index (χ2n) is 9.22. The maximum Gasteiger partial charge on any atom is 0.223 e. The number of carbonyl (C=O) groups excluding carboxylic acids is 1. The maximum absolute atomic E-state index is 11.7. The van der Waals surface area contributed by atoms with Gasteiger partial charge in [0.25, 0.3) is 0 Å². The second kappa shape index (κ2) is 8.51. The van der Waals surface area contributed by atoms with Crippen LogP contribution in [0.5, 0.6) is 0 Å². The van der Waals surface area contributed by atoms with Crippen molar-refractivity contribution >= 4 is 16.8 Å². The summed E-state index contributed by atoms with van der Waals surface area (Å²) in [6, 6.07) is 33.5. The number of primary amides is 1. The van der Waals surface area contributed by atoms with E-state index in [1.165, 1.54) is 0 Å². The van der Waals surface area contributed by atoms with E-state index in [4.69, 9.17) is 10.8 Å². The fourth-order valence-corrected chi connectivity index (χ4v) is 5.17. The van der Waals surface area contributed by atoms with Crippen molar-refractivity contribution in [2.24, 2.45) is 5.73 Å². The molecule has 2 aromatic heterocycles. The van der Waals surface area contributed by atoms with Gasteiger partial charge in [0, 0.05) is 17.5 Å². The van der Waals surface area contributed by atoms with E-state index in [0.29, 0.717) is 11.6 Å². The number of nitrogens with zero attached hydrogens (tertiary/aromatic N) is 3. The van der Waals surface area contributed by atoms with E-state index in [-0.39, 0.29) is 6.42 Å². The molecule has 35 heavy (non-hydrogen) atoms. The number of rotatable bonds is 7. The Balaban J connectivity index is 1.76. The van der Waals surface area contributed by atoms with Crippen molar-refractivity contribution in [3.63, 3.8) is 0 Å². The molecule has 0 atom stereocenters. The molecule has 0 spiro atoms. The first-order chi connectivity index (χ1) is 17.2. The van der Waals surface area contributed by atoms with Crippen LogP contribution >= 0.6 is 0 Å². The van der Waals surface area contributed by atoms with Gasteiger partial charge in [0.2, 0.25) is 5.91 Å². The van der Waals surface area contributed by atoms with E-state index in [1.807, 2.05) is 30.5 Å². The van der Waals surface area contributed by atoms with Gasteiger partial charge in [0.15, 0.2) is 0 Å². The first-order valence-electron chi connectivity index (χ1n) is 12.0. The van der Waals surface area contributed by atoms with Gasteiger partial charge in [-0.2, -0.15) is 5.10 Å². The summed E-state index contributed by atoms with van der Waals surface area (Å²) in [6.07, 6.45) is 4.22. The van der Waals surface area contributed by atoms with E-state index in [1.54, 1.807) is 0 Å². The van der Waals surface area contributed by atoms with Crippen LogP contribution in [-0.4, -0.2) is 20.7 Å². The topological polar surface area (TPSA) is 73.8 Å². The third-order valence-electron chi connectivity index (χ3n) is 6.86. The fraction of sp³-hybridized carbons (Fsp3) is 0.167. The molecule has 172 valence electrons. The van der Waals surface area contributed by atoms with Crippen LogP contribution in [0.3, 0.4) is 0 Å². The Kier molecular flexibility index (Phi) is 5.18. The Morgan fingerprint density at radius 1 is 0.857 bits per heavy atom. The minimum Gasteiger partial charge on any atom is -0.369 e. The standard InChI is InChI=1S/C30H26N4O/c31-28(35)19-25-18-27-26(20-32-25)29(21-16-17-21)33-34(27)30(22-10-4-1-5-11-22,23-12-6-2-7-13-23)24-14-8-3-9-15-24/h1-15,18,20-21H,16-17,19H2,(H2,31,35). The average molecular weight is 459 g/mol. The highest BCUT2D eigenvalue weighted by Crippen LogP contribution is 2.47. The van der Waals surface area contributed by atoms with Crippen molar-refractivity contribution in [2.45, 2.75) is 30.7 Å². The number of hydrogen-bond donors (Lipinski definition) is 1. The third kappa shape index (κ3) is 3.60. The van der Waals surface area contributed by atoms with Gasteiger partial charge in [-0.15, -0.1) is 0 Å². The number of fused-ring (bicyclic) bond motifs is 1. The van der Waals surface area contributed by atoms with Crippen molar-refractivity contribution in [3.05, 3.63) is 131 Å². The summed E-state index contributed by atoms with van der Waals surface area (Å²) in [6.45, 7) is 0. The van der Waals surface area contributed by atoms with Gasteiger partial charge >= 0.3 is 0 Å². The third-order valence-corrected chi connectivity index (χ3v) is 6.86. The number of aromatic nitrogens is 3. The monoisotopic (exact) mass is 458 g/mol. The van der Waals surface area contributed by atoms with E-state index >= 15 is 0 Å². The van der Waals surface area contributed by atoms with Crippen LogP contribution in [0.15, 0.2) is 103 Å². The number of carbonyl (C=O) groups is 1. The smallest absolute Gasteiger partial charge is 0.223 e. The minimum absolute atomic E-state index is 0.0922. The number of hydrogen-bond acceptors (Lipinski definition) is 3. The number of amides is 1. The molecule has 0 radical (unpaired) electrons. The molecule has 2 heterocycles. The van der Waals surface area contributed by atoms with Crippen LogP contribution in [0.4, 0.5) is 0 Å². The summed E-state index contributed by atoms with van der Waals surface area (Å²) >= 11 is 0. The van der Waals surface area contributed by atoms with Gasteiger partial charge in [-0.1, -0.05) is 91.0 Å². The molecule has 6 rings (SSSR count). The molecule has 0 saturated heterocycles. The Bertz CT molecular complexity index is 1390. The molecule has 0 unspecified atom stereocenters. The van der Waals surface area contributed by atoms with Crippen LogP contribution in [0.25, 0.3) is 10.9 Å². The molecular formula is C30H26N4O. The SMILES string of the molecule is NC(=O)Cc1cc2c(cn1)c(C1CC1)nn2C(c1ccccc1)(c1ccccc1)c1ccccc1. The van der Waals surface area contributed by atoms with Crippen molar-refractivity contribution < 1.29 is 4.79 Å². The molecule has 5 heteroatoms. The molecule has 2 N–H and O–H groups in total. The van der Waals surface area contributed by atoms with Crippen LogP contribution in [-0.2, 0) is 16.8 Å². The normalized spacial score (nSPS) is 13.7. The average Bonchev–Trinajstić information content (AvgIpc) is 3.68. The predicted molar refractivity (Wildman–Crippen MR) is 137 cm³/mol. The second-order valence-corrected chi connectivity index (χ2v) is 9.22. The lowest BCUT2D eigenvalue weighted by molar-refractivity contribution is -0.117. The lowest BCUT2D eigenvalue weighted by Crippen LogP contribution is -2.38. The van der Waals surface area contributed by atoms with Gasteiger partial charge in [-0.3, -0.25) is 9.78 Å².